The molecule has 2 rings (SSSR count). The van der Waals surface area contributed by atoms with E-state index < -0.39 is 5.97 Å². The lowest BCUT2D eigenvalue weighted by Crippen LogP contribution is -2.23. The molecule has 0 aliphatic heterocycles. The van der Waals surface area contributed by atoms with Crippen LogP contribution in [0.25, 0.3) is 0 Å². The maximum Gasteiger partial charge on any atom is 0.356 e. The molecule has 0 saturated carbocycles. The molecule has 0 amide bonds. The van der Waals surface area contributed by atoms with Crippen molar-refractivity contribution in [3.05, 3.63) is 42.4 Å². The quantitative estimate of drug-likeness (QED) is 0.808. The molecular weight excluding hydrogens is 286 g/mol. The van der Waals surface area contributed by atoms with Crippen LogP contribution in [0.2, 0.25) is 0 Å². The first-order valence-electron chi connectivity index (χ1n) is 6.69. The first-order chi connectivity index (χ1) is 10.6. The molecule has 0 spiro atoms. The molecule has 116 valence electrons. The number of hydrogen-bond acceptors (Lipinski definition) is 6. The number of hydrogen-bond donors (Lipinski definition) is 2. The first kappa shape index (κ1) is 15.6. The summed E-state index contributed by atoms with van der Waals surface area (Å²) < 4.78 is 11.0. The van der Waals surface area contributed by atoms with E-state index in [2.05, 4.69) is 15.3 Å². The van der Waals surface area contributed by atoms with E-state index >= 15 is 0 Å². The van der Waals surface area contributed by atoms with Gasteiger partial charge in [-0.3, -0.25) is 0 Å². The van der Waals surface area contributed by atoms with Crippen LogP contribution in [-0.4, -0.2) is 40.8 Å². The van der Waals surface area contributed by atoms with E-state index in [1.165, 1.54) is 12.4 Å². The molecule has 2 N–H and O–H groups in total. The van der Waals surface area contributed by atoms with Crippen LogP contribution in [0.15, 0.2) is 36.7 Å². The van der Waals surface area contributed by atoms with E-state index in [0.29, 0.717) is 23.9 Å². The van der Waals surface area contributed by atoms with Crippen LogP contribution in [-0.2, 0) is 0 Å². The maximum atomic E-state index is 10.7. The molecule has 0 fully saturated rings. The lowest BCUT2D eigenvalue weighted by atomic mass is 10.3. The Morgan fingerprint density at radius 3 is 2.59 bits per heavy atom. The summed E-state index contributed by atoms with van der Waals surface area (Å²) in [7, 11) is 1.59. The molecule has 2 aromatic rings. The summed E-state index contributed by atoms with van der Waals surface area (Å²) in [5.74, 6) is 0.707. The summed E-state index contributed by atoms with van der Waals surface area (Å²) in [5.41, 5.74) is -0.0936. The third kappa shape index (κ3) is 4.08. The van der Waals surface area contributed by atoms with Gasteiger partial charge in [0.25, 0.3) is 0 Å². The van der Waals surface area contributed by atoms with Crippen LogP contribution < -0.4 is 14.8 Å². The minimum Gasteiger partial charge on any atom is -0.493 e. The fraction of sp³-hybridized carbons (Fsp3) is 0.267. The number of carboxylic acid groups (broad SMARTS) is 1. The number of carbonyl (C=O) groups is 1. The Morgan fingerprint density at radius 2 is 2.00 bits per heavy atom. The van der Waals surface area contributed by atoms with Crippen molar-refractivity contribution >= 4 is 11.8 Å². The molecule has 0 bridgehead atoms. The van der Waals surface area contributed by atoms with Crippen molar-refractivity contribution in [1.82, 2.24) is 9.97 Å². The number of para-hydroxylation sites is 2. The number of methoxy groups -OCH3 is 1. The number of rotatable bonds is 7. The van der Waals surface area contributed by atoms with Crippen LogP contribution in [0, 0.1) is 0 Å². The first-order valence-corrected chi connectivity index (χ1v) is 6.69. The lowest BCUT2D eigenvalue weighted by Gasteiger charge is -2.17. The highest BCUT2D eigenvalue weighted by Gasteiger charge is 2.09. The Balaban J connectivity index is 1.89. The van der Waals surface area contributed by atoms with Gasteiger partial charge in [0.2, 0.25) is 0 Å². The summed E-state index contributed by atoms with van der Waals surface area (Å²) >= 11 is 0. The van der Waals surface area contributed by atoms with Crippen molar-refractivity contribution in [1.29, 1.82) is 0 Å². The molecule has 1 aromatic heterocycles. The second-order valence-electron chi connectivity index (χ2n) is 4.55. The van der Waals surface area contributed by atoms with Crippen LogP contribution in [0.5, 0.6) is 11.5 Å². The number of benzene rings is 1. The number of aromatic nitrogens is 2. The molecule has 0 aliphatic carbocycles. The standard InChI is InChI=1S/C15H17N3O4/c1-10(22-13-6-4-3-5-12(13)21-2)7-17-14-9-16-11(8-18-14)15(19)20/h3-6,8-10H,7H2,1-2H3,(H,17,18)(H,19,20). The van der Waals surface area contributed by atoms with Crippen molar-refractivity contribution < 1.29 is 19.4 Å². The van der Waals surface area contributed by atoms with Gasteiger partial charge in [0.15, 0.2) is 17.2 Å². The summed E-state index contributed by atoms with van der Waals surface area (Å²) in [5, 5.41) is 11.8. The number of carboxylic acids is 1. The SMILES string of the molecule is COc1ccccc1OC(C)CNc1cnc(C(=O)O)cn1. The van der Waals surface area contributed by atoms with Gasteiger partial charge in [0.05, 0.1) is 26.0 Å². The summed E-state index contributed by atoms with van der Waals surface area (Å²) in [6, 6.07) is 7.39. The Hall–Kier alpha value is -2.83. The number of ether oxygens (including phenoxy) is 2. The number of aromatic carboxylic acids is 1. The van der Waals surface area contributed by atoms with Gasteiger partial charge in [0.1, 0.15) is 11.9 Å². The van der Waals surface area contributed by atoms with Crippen molar-refractivity contribution in [3.8, 4) is 11.5 Å². The van der Waals surface area contributed by atoms with E-state index in [0.717, 1.165) is 0 Å². The third-order valence-corrected chi connectivity index (χ3v) is 2.84. The highest BCUT2D eigenvalue weighted by Crippen LogP contribution is 2.26. The van der Waals surface area contributed by atoms with Gasteiger partial charge in [-0.25, -0.2) is 14.8 Å². The normalized spacial score (nSPS) is 11.5. The average molecular weight is 303 g/mol. The molecular formula is C15H17N3O4. The zero-order chi connectivity index (χ0) is 15.9. The third-order valence-electron chi connectivity index (χ3n) is 2.84. The van der Waals surface area contributed by atoms with Gasteiger partial charge < -0.3 is 19.9 Å². The fourth-order valence-electron chi connectivity index (χ4n) is 1.75. The van der Waals surface area contributed by atoms with Crippen LogP contribution in [0.4, 0.5) is 5.82 Å². The molecule has 7 heteroatoms. The smallest absolute Gasteiger partial charge is 0.356 e. The molecule has 0 radical (unpaired) electrons. The van der Waals surface area contributed by atoms with Gasteiger partial charge >= 0.3 is 5.97 Å². The van der Waals surface area contributed by atoms with E-state index in [1.54, 1.807) is 7.11 Å². The zero-order valence-electron chi connectivity index (χ0n) is 12.3. The monoisotopic (exact) mass is 303 g/mol. The molecule has 1 atom stereocenters. The molecule has 0 aliphatic rings. The van der Waals surface area contributed by atoms with E-state index in [1.807, 2.05) is 31.2 Å². The van der Waals surface area contributed by atoms with Crippen LogP contribution >= 0.6 is 0 Å². The maximum absolute atomic E-state index is 10.7. The Kier molecular flexibility index (Phi) is 5.13. The highest BCUT2D eigenvalue weighted by molar-refractivity contribution is 5.84. The topological polar surface area (TPSA) is 93.6 Å². The molecule has 1 aromatic carbocycles. The van der Waals surface area contributed by atoms with Crippen molar-refractivity contribution in [3.63, 3.8) is 0 Å². The van der Waals surface area contributed by atoms with Crippen molar-refractivity contribution in [2.24, 2.45) is 0 Å². The zero-order valence-corrected chi connectivity index (χ0v) is 12.3. The fourth-order valence-corrected chi connectivity index (χ4v) is 1.75. The number of nitrogens with zero attached hydrogens (tertiary/aromatic N) is 2. The van der Waals surface area contributed by atoms with Crippen molar-refractivity contribution in [2.45, 2.75) is 13.0 Å². The molecule has 7 nitrogen and oxygen atoms in total. The predicted octanol–water partition coefficient (Wildman–Crippen LogP) is 2.06. The number of nitrogens with one attached hydrogen (secondary N) is 1. The summed E-state index contributed by atoms with van der Waals surface area (Å²) in [6.45, 7) is 2.39. The Labute approximate surface area is 127 Å². The van der Waals surface area contributed by atoms with E-state index in [-0.39, 0.29) is 11.8 Å². The largest absolute Gasteiger partial charge is 0.493 e. The molecule has 1 heterocycles. The van der Waals surface area contributed by atoms with Crippen LogP contribution in [0.1, 0.15) is 17.4 Å². The van der Waals surface area contributed by atoms with Gasteiger partial charge in [-0.15, -0.1) is 0 Å². The average Bonchev–Trinajstić information content (AvgIpc) is 2.54. The Morgan fingerprint density at radius 1 is 1.27 bits per heavy atom. The second-order valence-corrected chi connectivity index (χ2v) is 4.55. The van der Waals surface area contributed by atoms with E-state index in [4.69, 9.17) is 14.6 Å². The number of anilines is 1. The minimum absolute atomic E-state index is 0.0936. The van der Waals surface area contributed by atoms with Crippen LogP contribution in [0.3, 0.4) is 0 Å². The lowest BCUT2D eigenvalue weighted by molar-refractivity contribution is 0.0690. The molecule has 1 unspecified atom stereocenters. The molecule has 22 heavy (non-hydrogen) atoms. The second kappa shape index (κ2) is 7.26. The van der Waals surface area contributed by atoms with Gasteiger partial charge in [-0.1, -0.05) is 12.1 Å². The van der Waals surface area contributed by atoms with Gasteiger partial charge in [-0.05, 0) is 19.1 Å². The Bertz CT molecular complexity index is 631. The van der Waals surface area contributed by atoms with Gasteiger partial charge in [-0.2, -0.15) is 0 Å². The summed E-state index contributed by atoms with van der Waals surface area (Å²) in [4.78, 5) is 18.4. The minimum atomic E-state index is -1.10. The molecule has 0 saturated heterocycles. The predicted molar refractivity (Wildman–Crippen MR) is 80.6 cm³/mol. The van der Waals surface area contributed by atoms with Crippen molar-refractivity contribution in [2.75, 3.05) is 19.0 Å². The van der Waals surface area contributed by atoms with E-state index in [9.17, 15) is 4.79 Å². The van der Waals surface area contributed by atoms with Gasteiger partial charge in [0, 0.05) is 0 Å². The summed E-state index contributed by atoms with van der Waals surface area (Å²) in [6.07, 6.45) is 2.44. The highest BCUT2D eigenvalue weighted by atomic mass is 16.5.